The maximum absolute atomic E-state index is 12.5. The van der Waals surface area contributed by atoms with Gasteiger partial charge in [0.2, 0.25) is 5.91 Å². The van der Waals surface area contributed by atoms with E-state index in [1.807, 2.05) is 25.2 Å². The lowest BCUT2D eigenvalue weighted by atomic mass is 10.2. The second kappa shape index (κ2) is 7.53. The van der Waals surface area contributed by atoms with E-state index in [0.717, 1.165) is 16.9 Å². The van der Waals surface area contributed by atoms with Crippen molar-refractivity contribution in [2.24, 2.45) is 7.05 Å². The average Bonchev–Trinajstić information content (AvgIpc) is 3.15. The molecule has 1 atom stereocenters. The highest BCUT2D eigenvalue weighted by Crippen LogP contribution is 2.19. The number of methoxy groups -OCH3 is 1. The van der Waals surface area contributed by atoms with Crippen molar-refractivity contribution >= 4 is 16.8 Å². The summed E-state index contributed by atoms with van der Waals surface area (Å²) in [4.78, 5) is 12.5. The van der Waals surface area contributed by atoms with Crippen LogP contribution < -0.4 is 5.32 Å². The molecule has 0 saturated heterocycles. The van der Waals surface area contributed by atoms with Gasteiger partial charge in [0.25, 0.3) is 0 Å². The lowest BCUT2D eigenvalue weighted by molar-refractivity contribution is -0.122. The molecule has 1 N–H and O–H groups in total. The van der Waals surface area contributed by atoms with Crippen LogP contribution in [0.25, 0.3) is 10.9 Å². The van der Waals surface area contributed by atoms with Crippen LogP contribution in [0.15, 0.2) is 42.6 Å². The lowest BCUT2D eigenvalue weighted by Crippen LogP contribution is -2.33. The highest BCUT2D eigenvalue weighted by molar-refractivity contribution is 5.81. The lowest BCUT2D eigenvalue weighted by Gasteiger charge is -2.18. The van der Waals surface area contributed by atoms with Gasteiger partial charge in [-0.25, -0.2) is 0 Å². The fraction of sp³-hybridized carbons (Fsp3) is 0.368. The number of carbonyl (C=O) groups is 1. The first-order valence-electron chi connectivity index (χ1n) is 8.41. The zero-order valence-corrected chi connectivity index (χ0v) is 14.9. The Labute approximate surface area is 147 Å². The molecule has 0 spiro atoms. The molecule has 0 fully saturated rings. The van der Waals surface area contributed by atoms with Gasteiger partial charge in [-0.05, 0) is 30.5 Å². The topological polar surface area (TPSA) is 61.1 Å². The normalized spacial score (nSPS) is 12.4. The van der Waals surface area contributed by atoms with E-state index >= 15 is 0 Å². The molecule has 3 rings (SSSR count). The second-order valence-electron chi connectivity index (χ2n) is 6.20. The van der Waals surface area contributed by atoms with Gasteiger partial charge < -0.3 is 14.6 Å². The number of rotatable bonds is 7. The Bertz CT molecular complexity index is 865. The van der Waals surface area contributed by atoms with Crippen LogP contribution in [0.3, 0.4) is 0 Å². The number of hydrogen-bond acceptors (Lipinski definition) is 3. The largest absolute Gasteiger partial charge is 0.382 e. The van der Waals surface area contributed by atoms with E-state index in [0.29, 0.717) is 19.6 Å². The Morgan fingerprint density at radius 1 is 1.32 bits per heavy atom. The van der Waals surface area contributed by atoms with Crippen molar-refractivity contribution < 1.29 is 9.53 Å². The molecule has 3 aromatic rings. The van der Waals surface area contributed by atoms with Gasteiger partial charge in [-0.15, -0.1) is 0 Å². The molecule has 132 valence electrons. The molecule has 1 aromatic carbocycles. The molecule has 2 aromatic heterocycles. The number of nitrogens with zero attached hydrogens (tertiary/aromatic N) is 3. The Morgan fingerprint density at radius 3 is 2.84 bits per heavy atom. The molecule has 0 unspecified atom stereocenters. The van der Waals surface area contributed by atoms with Gasteiger partial charge in [0, 0.05) is 44.5 Å². The van der Waals surface area contributed by atoms with Gasteiger partial charge in [-0.1, -0.05) is 18.2 Å². The number of aromatic nitrogens is 3. The molecule has 0 aliphatic heterocycles. The molecule has 6 nitrogen and oxygen atoms in total. The van der Waals surface area contributed by atoms with Crippen LogP contribution in [0.1, 0.15) is 23.9 Å². The summed E-state index contributed by atoms with van der Waals surface area (Å²) in [5.74, 6) is 0.000399. The maximum Gasteiger partial charge on any atom is 0.222 e. The van der Waals surface area contributed by atoms with Crippen molar-refractivity contribution in [1.29, 1.82) is 0 Å². The van der Waals surface area contributed by atoms with Crippen LogP contribution >= 0.6 is 0 Å². The Kier molecular flexibility index (Phi) is 5.19. The summed E-state index contributed by atoms with van der Waals surface area (Å²) in [6, 6.07) is 12.1. The first-order chi connectivity index (χ1) is 12.1. The molecule has 0 aliphatic carbocycles. The number of carbonyl (C=O) groups excluding carboxylic acids is 1. The van der Waals surface area contributed by atoms with E-state index in [4.69, 9.17) is 4.74 Å². The van der Waals surface area contributed by atoms with Gasteiger partial charge in [0.05, 0.1) is 18.3 Å². The van der Waals surface area contributed by atoms with Crippen molar-refractivity contribution in [2.45, 2.75) is 25.9 Å². The van der Waals surface area contributed by atoms with E-state index in [9.17, 15) is 4.79 Å². The summed E-state index contributed by atoms with van der Waals surface area (Å²) in [5.41, 5.74) is 3.25. The predicted octanol–water partition coefficient (Wildman–Crippen LogP) is 2.58. The number of aryl methyl sites for hydroxylation is 3. The molecule has 25 heavy (non-hydrogen) atoms. The highest BCUT2D eigenvalue weighted by atomic mass is 16.5. The average molecular weight is 340 g/mol. The monoisotopic (exact) mass is 340 g/mol. The third kappa shape index (κ3) is 3.74. The zero-order valence-electron chi connectivity index (χ0n) is 14.9. The van der Waals surface area contributed by atoms with Crippen LogP contribution in [0.4, 0.5) is 0 Å². The summed E-state index contributed by atoms with van der Waals surface area (Å²) < 4.78 is 9.19. The van der Waals surface area contributed by atoms with Gasteiger partial charge in [-0.2, -0.15) is 5.10 Å². The standard InChI is InChI=1S/C19H24N4O2/c1-14-12-15-6-4-5-7-17(15)23(14)11-9-19(24)21-16(13-25-3)18-8-10-20-22(18)2/h4-8,10,12,16H,9,11,13H2,1-3H3,(H,21,24)/t16-/m1/s1. The molecule has 0 radical (unpaired) electrons. The summed E-state index contributed by atoms with van der Waals surface area (Å²) >= 11 is 0. The predicted molar refractivity (Wildman–Crippen MR) is 97.3 cm³/mol. The second-order valence-corrected chi connectivity index (χ2v) is 6.20. The van der Waals surface area contributed by atoms with E-state index in [1.54, 1.807) is 18.0 Å². The first kappa shape index (κ1) is 17.2. The van der Waals surface area contributed by atoms with E-state index in [1.165, 1.54) is 5.39 Å². The third-order valence-electron chi connectivity index (χ3n) is 4.46. The van der Waals surface area contributed by atoms with Crippen molar-refractivity contribution in [1.82, 2.24) is 19.7 Å². The summed E-state index contributed by atoms with van der Waals surface area (Å²) in [5, 5.41) is 8.42. The molecular weight excluding hydrogens is 316 g/mol. The first-order valence-corrected chi connectivity index (χ1v) is 8.41. The molecule has 0 bridgehead atoms. The molecule has 1 amide bonds. The third-order valence-corrected chi connectivity index (χ3v) is 4.46. The SMILES string of the molecule is COC[C@@H](NC(=O)CCn1c(C)cc2ccccc21)c1ccnn1C. The number of hydrogen-bond donors (Lipinski definition) is 1. The number of fused-ring (bicyclic) bond motifs is 1. The summed E-state index contributed by atoms with van der Waals surface area (Å²) in [7, 11) is 3.49. The van der Waals surface area contributed by atoms with E-state index in [2.05, 4.69) is 40.1 Å². The van der Waals surface area contributed by atoms with Crippen LogP contribution in [-0.2, 0) is 23.1 Å². The Hall–Kier alpha value is -2.60. The number of ether oxygens (including phenoxy) is 1. The maximum atomic E-state index is 12.5. The van der Waals surface area contributed by atoms with Gasteiger partial charge in [0.15, 0.2) is 0 Å². The Balaban J connectivity index is 1.67. The van der Waals surface area contributed by atoms with Crippen molar-refractivity contribution in [2.75, 3.05) is 13.7 Å². The van der Waals surface area contributed by atoms with Crippen molar-refractivity contribution in [3.63, 3.8) is 0 Å². The Morgan fingerprint density at radius 2 is 2.12 bits per heavy atom. The molecular formula is C19H24N4O2. The fourth-order valence-corrected chi connectivity index (χ4v) is 3.22. The minimum atomic E-state index is -0.201. The van der Waals surface area contributed by atoms with Crippen LogP contribution in [0.2, 0.25) is 0 Å². The minimum Gasteiger partial charge on any atom is -0.382 e. The van der Waals surface area contributed by atoms with Crippen molar-refractivity contribution in [3.8, 4) is 0 Å². The number of benzene rings is 1. The molecule has 0 aliphatic rings. The smallest absolute Gasteiger partial charge is 0.222 e. The van der Waals surface area contributed by atoms with Gasteiger partial charge in [0.1, 0.15) is 0 Å². The number of nitrogens with one attached hydrogen (secondary N) is 1. The highest BCUT2D eigenvalue weighted by Gasteiger charge is 2.18. The van der Waals surface area contributed by atoms with Crippen molar-refractivity contribution in [3.05, 3.63) is 54.0 Å². The minimum absolute atomic E-state index is 0.000399. The molecule has 2 heterocycles. The van der Waals surface area contributed by atoms with Crippen LogP contribution in [0, 0.1) is 6.92 Å². The molecule has 0 saturated carbocycles. The van der Waals surface area contributed by atoms with Crippen LogP contribution in [-0.4, -0.2) is 34.0 Å². The summed E-state index contributed by atoms with van der Waals surface area (Å²) in [6.45, 7) is 3.13. The van der Waals surface area contributed by atoms with Gasteiger partial charge >= 0.3 is 0 Å². The number of amides is 1. The zero-order chi connectivity index (χ0) is 17.8. The van der Waals surface area contributed by atoms with E-state index in [-0.39, 0.29) is 11.9 Å². The van der Waals surface area contributed by atoms with Gasteiger partial charge in [-0.3, -0.25) is 9.48 Å². The fourth-order valence-electron chi connectivity index (χ4n) is 3.22. The van der Waals surface area contributed by atoms with E-state index < -0.39 is 0 Å². The van der Waals surface area contributed by atoms with Crippen LogP contribution in [0.5, 0.6) is 0 Å². The summed E-state index contributed by atoms with van der Waals surface area (Å²) in [6.07, 6.45) is 2.14. The quantitative estimate of drug-likeness (QED) is 0.719. The molecule has 6 heteroatoms. The number of para-hydroxylation sites is 1.